The number of aromatic nitrogens is 2. The summed E-state index contributed by atoms with van der Waals surface area (Å²) < 4.78 is 17.8. The maximum absolute atomic E-state index is 14.0. The third-order valence-electron chi connectivity index (χ3n) is 3.73. The fourth-order valence-electron chi connectivity index (χ4n) is 2.38. The Morgan fingerprint density at radius 2 is 1.84 bits per heavy atom. The molecule has 3 aromatic rings. The zero-order chi connectivity index (χ0) is 23.4. The van der Waals surface area contributed by atoms with Crippen molar-refractivity contribution < 1.29 is 9.18 Å². The largest absolute Gasteiger partial charge is 0.323 e. The van der Waals surface area contributed by atoms with Crippen LogP contribution in [0.25, 0.3) is 11.1 Å². The summed E-state index contributed by atoms with van der Waals surface area (Å²) in [6.07, 6.45) is 3.80. The maximum Gasteiger partial charge on any atom is 0.212 e. The summed E-state index contributed by atoms with van der Waals surface area (Å²) in [5.74, 6) is 0.0798. The van der Waals surface area contributed by atoms with E-state index in [1.54, 1.807) is 36.7 Å². The third kappa shape index (κ3) is 7.48. The number of carbonyl (C=O) groups excluding carboxylic acids is 1. The van der Waals surface area contributed by atoms with Gasteiger partial charge in [0, 0.05) is 22.4 Å². The minimum Gasteiger partial charge on any atom is -0.323 e. The van der Waals surface area contributed by atoms with Crippen molar-refractivity contribution >= 4 is 57.4 Å². The van der Waals surface area contributed by atoms with Crippen molar-refractivity contribution in [3.05, 3.63) is 63.7 Å². The summed E-state index contributed by atoms with van der Waals surface area (Å²) in [6, 6.07) is 8.36. The van der Waals surface area contributed by atoms with Crippen LogP contribution < -0.4 is 10.0 Å². The van der Waals surface area contributed by atoms with Crippen molar-refractivity contribution in [3.63, 3.8) is 0 Å². The van der Waals surface area contributed by atoms with E-state index >= 15 is 0 Å². The predicted molar refractivity (Wildman–Crippen MR) is 133 cm³/mol. The second-order valence-electron chi connectivity index (χ2n) is 5.43. The highest BCUT2D eigenvalue weighted by atomic mass is 79.9. The van der Waals surface area contributed by atoms with Crippen LogP contribution in [0.5, 0.6) is 0 Å². The first-order chi connectivity index (χ1) is 15.0. The minimum absolute atomic E-state index is 0.279. The molecule has 2 aromatic heterocycles. The zero-order valence-corrected chi connectivity index (χ0v) is 21.1. The number of rotatable bonds is 6. The number of hydrogen-bond donors (Lipinski definition) is 2. The fraction of sp³-hybridized carbons (Fsp3) is 0.227. The monoisotopic (exact) mass is 526 g/mol. The van der Waals surface area contributed by atoms with Gasteiger partial charge in [0.1, 0.15) is 11.6 Å². The Hall–Kier alpha value is -2.16. The lowest BCUT2D eigenvalue weighted by Crippen LogP contribution is -1.99. The molecule has 166 valence electrons. The number of halogens is 3. The Kier molecular flexibility index (Phi) is 12.1. The highest BCUT2D eigenvalue weighted by molar-refractivity contribution is 9.10. The molecule has 5 nitrogen and oxygen atoms in total. The molecule has 0 saturated carbocycles. The van der Waals surface area contributed by atoms with Crippen LogP contribution in [0.1, 0.15) is 33.3 Å². The van der Waals surface area contributed by atoms with E-state index < -0.39 is 0 Å². The van der Waals surface area contributed by atoms with E-state index in [9.17, 15) is 9.18 Å². The van der Waals surface area contributed by atoms with Crippen LogP contribution in [0, 0.1) is 12.7 Å². The van der Waals surface area contributed by atoms with Gasteiger partial charge >= 0.3 is 0 Å². The summed E-state index contributed by atoms with van der Waals surface area (Å²) in [7, 11) is 0. The first-order valence-electron chi connectivity index (χ1n) is 9.69. The average molecular weight is 528 g/mol. The molecule has 0 unspecified atom stereocenters. The number of hydrogen-bond acceptors (Lipinski definition) is 5. The quantitative estimate of drug-likeness (QED) is 0.195. The number of anilines is 2. The third-order valence-corrected chi connectivity index (χ3v) is 5.36. The van der Waals surface area contributed by atoms with Crippen LogP contribution in [-0.2, 0) is 4.79 Å². The van der Waals surface area contributed by atoms with Gasteiger partial charge in [-0.15, -0.1) is 0 Å². The Bertz CT molecular complexity index is 1010. The van der Waals surface area contributed by atoms with Crippen molar-refractivity contribution in [2.75, 3.05) is 10.0 Å². The van der Waals surface area contributed by atoms with Crippen molar-refractivity contribution in [2.24, 2.45) is 0 Å². The molecule has 0 fully saturated rings. The SMILES string of the molecule is CC.CC.Cc1c(-c2ccnc(NC=O)c2)cnc(Cl)c1NSc1ccc(Br)cc1F. The number of pyridine rings is 2. The van der Waals surface area contributed by atoms with E-state index in [-0.39, 0.29) is 11.0 Å². The lowest BCUT2D eigenvalue weighted by Gasteiger charge is -2.14. The van der Waals surface area contributed by atoms with Gasteiger partial charge in [0.2, 0.25) is 6.41 Å². The number of nitrogens with one attached hydrogen (secondary N) is 2. The number of amides is 1. The molecule has 0 saturated heterocycles. The van der Waals surface area contributed by atoms with E-state index in [1.807, 2.05) is 34.6 Å². The van der Waals surface area contributed by atoms with Gasteiger partial charge in [-0.3, -0.25) is 4.79 Å². The fourth-order valence-corrected chi connectivity index (χ4v) is 3.76. The Morgan fingerprint density at radius 3 is 2.48 bits per heavy atom. The molecule has 0 bridgehead atoms. The molecule has 2 heterocycles. The van der Waals surface area contributed by atoms with Crippen molar-refractivity contribution in [2.45, 2.75) is 39.5 Å². The molecule has 1 amide bonds. The smallest absolute Gasteiger partial charge is 0.212 e. The van der Waals surface area contributed by atoms with Crippen molar-refractivity contribution in [1.29, 1.82) is 0 Å². The summed E-state index contributed by atoms with van der Waals surface area (Å²) in [5.41, 5.74) is 3.06. The molecular weight excluding hydrogens is 503 g/mol. The van der Waals surface area contributed by atoms with Crippen LogP contribution in [0.4, 0.5) is 15.9 Å². The second kappa shape index (κ2) is 14.0. The van der Waals surface area contributed by atoms with Crippen LogP contribution in [-0.4, -0.2) is 16.4 Å². The Morgan fingerprint density at radius 1 is 1.13 bits per heavy atom. The summed E-state index contributed by atoms with van der Waals surface area (Å²) in [4.78, 5) is 19.3. The normalized spacial score (nSPS) is 9.55. The molecule has 0 radical (unpaired) electrons. The molecule has 0 atom stereocenters. The van der Waals surface area contributed by atoms with Gasteiger partial charge in [0.25, 0.3) is 0 Å². The minimum atomic E-state index is -0.349. The van der Waals surface area contributed by atoms with Gasteiger partial charge in [-0.05, 0) is 60.3 Å². The zero-order valence-electron chi connectivity index (χ0n) is 18.0. The van der Waals surface area contributed by atoms with E-state index in [4.69, 9.17) is 11.6 Å². The summed E-state index contributed by atoms with van der Waals surface area (Å²) >= 11 is 10.6. The lowest BCUT2D eigenvalue weighted by molar-refractivity contribution is -0.105. The predicted octanol–water partition coefficient (Wildman–Crippen LogP) is 7.75. The number of benzene rings is 1. The van der Waals surface area contributed by atoms with E-state index in [0.717, 1.165) is 28.6 Å². The van der Waals surface area contributed by atoms with Gasteiger partial charge in [0.15, 0.2) is 5.15 Å². The van der Waals surface area contributed by atoms with E-state index in [1.165, 1.54) is 6.07 Å². The molecule has 9 heteroatoms. The Balaban J connectivity index is 0.00000113. The van der Waals surface area contributed by atoms with Crippen LogP contribution >= 0.6 is 39.5 Å². The molecule has 1 aromatic carbocycles. The highest BCUT2D eigenvalue weighted by Gasteiger charge is 2.14. The average Bonchev–Trinajstić information content (AvgIpc) is 2.78. The maximum atomic E-state index is 14.0. The Labute approximate surface area is 200 Å². The molecule has 0 spiro atoms. The van der Waals surface area contributed by atoms with Gasteiger partial charge in [0.05, 0.1) is 10.6 Å². The second-order valence-corrected chi connectivity index (χ2v) is 7.56. The summed E-state index contributed by atoms with van der Waals surface area (Å²) in [6.45, 7) is 9.89. The van der Waals surface area contributed by atoms with Crippen molar-refractivity contribution in [3.8, 4) is 11.1 Å². The molecular formula is C22H25BrClFN4OS. The molecule has 0 aliphatic heterocycles. The topological polar surface area (TPSA) is 66.9 Å². The molecule has 0 aliphatic carbocycles. The van der Waals surface area contributed by atoms with Gasteiger partial charge in [-0.25, -0.2) is 14.4 Å². The first kappa shape index (κ1) is 26.9. The molecule has 31 heavy (non-hydrogen) atoms. The first-order valence-corrected chi connectivity index (χ1v) is 11.7. The summed E-state index contributed by atoms with van der Waals surface area (Å²) in [5, 5.41) is 2.80. The van der Waals surface area contributed by atoms with E-state index in [2.05, 4.69) is 35.9 Å². The van der Waals surface area contributed by atoms with Crippen molar-refractivity contribution in [1.82, 2.24) is 9.97 Å². The van der Waals surface area contributed by atoms with Crippen LogP contribution in [0.2, 0.25) is 5.15 Å². The van der Waals surface area contributed by atoms with Crippen LogP contribution in [0.15, 0.2) is 52.1 Å². The lowest BCUT2D eigenvalue weighted by atomic mass is 10.0. The number of nitrogens with zero attached hydrogens (tertiary/aromatic N) is 2. The van der Waals surface area contributed by atoms with Crippen LogP contribution in [0.3, 0.4) is 0 Å². The standard InChI is InChI=1S/C18H13BrClFN4OS.2C2H6/c1-10-13(11-4-5-22-16(6-11)24-9-26)8-23-18(20)17(10)25-27-15-3-2-12(19)7-14(15)21;2*1-2/h2-9,25H,1H3,(H,22,24,26);2*1-2H3. The van der Waals surface area contributed by atoms with Gasteiger partial charge in [-0.2, -0.15) is 0 Å². The molecule has 3 rings (SSSR count). The van der Waals surface area contributed by atoms with Gasteiger partial charge < -0.3 is 10.0 Å². The highest BCUT2D eigenvalue weighted by Crippen LogP contribution is 2.36. The molecule has 0 aliphatic rings. The van der Waals surface area contributed by atoms with Gasteiger partial charge in [-0.1, -0.05) is 55.2 Å². The molecule has 2 N–H and O–H groups in total. The number of carbonyl (C=O) groups is 1. The van der Waals surface area contributed by atoms with E-state index in [0.29, 0.717) is 27.3 Å².